The molecule has 0 amide bonds. The number of carboxylic acid groups (broad SMARTS) is 1. The van der Waals surface area contributed by atoms with Crippen LogP contribution < -0.4 is 0 Å². The van der Waals surface area contributed by atoms with Crippen molar-refractivity contribution in [2.45, 2.75) is 19.8 Å². The van der Waals surface area contributed by atoms with Crippen molar-refractivity contribution in [3.05, 3.63) is 41.0 Å². The first kappa shape index (κ1) is 12.8. The number of aryl methyl sites for hydroxylation is 1. The Balaban J connectivity index is 2.23. The molecule has 0 saturated heterocycles. The van der Waals surface area contributed by atoms with Crippen LogP contribution >= 0.6 is 11.3 Å². The van der Waals surface area contributed by atoms with Gasteiger partial charge in [0, 0.05) is 11.6 Å². The minimum atomic E-state index is -0.902. The lowest BCUT2D eigenvalue weighted by molar-refractivity contribution is 0.0702. The van der Waals surface area contributed by atoms with E-state index in [0.717, 1.165) is 28.8 Å². The molecule has 0 spiro atoms. The van der Waals surface area contributed by atoms with Gasteiger partial charge in [-0.05, 0) is 24.6 Å². The van der Waals surface area contributed by atoms with Crippen LogP contribution in [0.2, 0.25) is 0 Å². The van der Waals surface area contributed by atoms with E-state index in [-0.39, 0.29) is 0 Å². The van der Waals surface area contributed by atoms with Gasteiger partial charge in [0.05, 0.1) is 5.69 Å². The van der Waals surface area contributed by atoms with Crippen LogP contribution in [-0.4, -0.2) is 25.8 Å². The molecule has 5 nitrogen and oxygen atoms in total. The summed E-state index contributed by atoms with van der Waals surface area (Å²) in [4.78, 5) is 16.6. The fourth-order valence-corrected chi connectivity index (χ4v) is 3.11. The summed E-state index contributed by atoms with van der Waals surface area (Å²) in [5.41, 5.74) is 0.928. The van der Waals surface area contributed by atoms with E-state index in [1.807, 2.05) is 18.2 Å². The fourth-order valence-electron chi connectivity index (χ4n) is 2.13. The Kier molecular flexibility index (Phi) is 3.23. The molecule has 6 heteroatoms. The highest BCUT2D eigenvalue weighted by molar-refractivity contribution is 7.20. The number of fused-ring (bicyclic) bond motifs is 1. The van der Waals surface area contributed by atoms with E-state index in [1.165, 1.54) is 11.3 Å². The molecule has 3 aromatic rings. The molecular formula is C14H13N3O2S. The molecule has 0 aliphatic rings. The number of hydrogen-bond acceptors (Lipinski definition) is 4. The molecule has 3 heterocycles. The number of aromatic nitrogens is 3. The largest absolute Gasteiger partial charge is 0.477 e. The zero-order chi connectivity index (χ0) is 14.1. The van der Waals surface area contributed by atoms with Gasteiger partial charge in [0.25, 0.3) is 0 Å². The first-order valence-corrected chi connectivity index (χ1v) is 7.18. The number of thiophene rings is 1. The molecule has 0 aliphatic carbocycles. The lowest BCUT2D eigenvalue weighted by atomic mass is 10.2. The maximum atomic E-state index is 11.2. The second kappa shape index (κ2) is 5.05. The molecule has 0 radical (unpaired) electrons. The number of pyridine rings is 1. The average Bonchev–Trinajstić information content (AvgIpc) is 3.01. The second-order valence-corrected chi connectivity index (χ2v) is 5.46. The van der Waals surface area contributed by atoms with Gasteiger partial charge < -0.3 is 5.11 Å². The number of rotatable bonds is 4. The van der Waals surface area contributed by atoms with E-state index >= 15 is 0 Å². The zero-order valence-electron chi connectivity index (χ0n) is 10.9. The van der Waals surface area contributed by atoms with Gasteiger partial charge in [-0.2, -0.15) is 5.10 Å². The maximum Gasteiger partial charge on any atom is 0.345 e. The van der Waals surface area contributed by atoms with Gasteiger partial charge >= 0.3 is 5.97 Å². The van der Waals surface area contributed by atoms with Crippen LogP contribution in [0, 0.1) is 0 Å². The van der Waals surface area contributed by atoms with Crippen molar-refractivity contribution >= 4 is 27.5 Å². The summed E-state index contributed by atoms with van der Waals surface area (Å²) in [6.45, 7) is 2.08. The first-order chi connectivity index (χ1) is 9.70. The third-order valence-corrected chi connectivity index (χ3v) is 4.10. The molecule has 0 atom stereocenters. The average molecular weight is 287 g/mol. The Morgan fingerprint density at radius 3 is 2.95 bits per heavy atom. The topological polar surface area (TPSA) is 68.0 Å². The SMILES string of the molecule is CCCc1nn(-c2ccccn2)c2sc(C(=O)O)cc12. The summed E-state index contributed by atoms with van der Waals surface area (Å²) < 4.78 is 1.73. The predicted molar refractivity (Wildman–Crippen MR) is 77.7 cm³/mol. The van der Waals surface area contributed by atoms with Crippen molar-refractivity contribution < 1.29 is 9.90 Å². The number of nitrogens with zero attached hydrogens (tertiary/aromatic N) is 3. The van der Waals surface area contributed by atoms with Crippen molar-refractivity contribution in [1.82, 2.24) is 14.8 Å². The summed E-state index contributed by atoms with van der Waals surface area (Å²) in [6, 6.07) is 7.30. The van der Waals surface area contributed by atoms with Crippen LogP contribution in [0.3, 0.4) is 0 Å². The first-order valence-electron chi connectivity index (χ1n) is 6.37. The van der Waals surface area contributed by atoms with Crippen LogP contribution in [0.15, 0.2) is 30.5 Å². The molecule has 0 bridgehead atoms. The van der Waals surface area contributed by atoms with Crippen molar-refractivity contribution in [3.63, 3.8) is 0 Å². The minimum absolute atomic E-state index is 0.333. The van der Waals surface area contributed by atoms with Gasteiger partial charge in [-0.15, -0.1) is 11.3 Å². The standard InChI is InChI=1S/C14H13N3O2S/c1-2-5-10-9-8-11(14(18)19)20-13(9)17(16-10)12-6-3-4-7-15-12/h3-4,6-8H,2,5H2,1H3,(H,18,19). The molecule has 1 N–H and O–H groups in total. The molecule has 20 heavy (non-hydrogen) atoms. The van der Waals surface area contributed by atoms with E-state index in [2.05, 4.69) is 17.0 Å². The lowest BCUT2D eigenvalue weighted by Crippen LogP contribution is -1.99. The van der Waals surface area contributed by atoms with Crippen molar-refractivity contribution in [1.29, 1.82) is 0 Å². The Morgan fingerprint density at radius 1 is 1.45 bits per heavy atom. The Bertz CT molecular complexity index is 761. The highest BCUT2D eigenvalue weighted by Crippen LogP contribution is 2.30. The van der Waals surface area contributed by atoms with E-state index in [4.69, 9.17) is 5.11 Å². The van der Waals surface area contributed by atoms with Crippen LogP contribution in [0.1, 0.15) is 28.7 Å². The molecule has 102 valence electrons. The molecule has 0 aliphatic heterocycles. The second-order valence-electron chi connectivity index (χ2n) is 4.43. The monoisotopic (exact) mass is 287 g/mol. The van der Waals surface area contributed by atoms with Crippen LogP contribution in [-0.2, 0) is 6.42 Å². The third-order valence-electron chi connectivity index (χ3n) is 3.00. The number of carboxylic acids is 1. The summed E-state index contributed by atoms with van der Waals surface area (Å²) in [6.07, 6.45) is 3.49. The van der Waals surface area contributed by atoms with Gasteiger partial charge in [-0.25, -0.2) is 14.5 Å². The van der Waals surface area contributed by atoms with Gasteiger partial charge in [0.1, 0.15) is 9.71 Å². The molecule has 0 saturated carbocycles. The Hall–Kier alpha value is -2.21. The quantitative estimate of drug-likeness (QED) is 0.800. The maximum absolute atomic E-state index is 11.2. The number of aromatic carboxylic acids is 1. The third kappa shape index (κ3) is 2.08. The van der Waals surface area contributed by atoms with Gasteiger partial charge in [0.15, 0.2) is 5.82 Å². The summed E-state index contributed by atoms with van der Waals surface area (Å²) in [5.74, 6) is -0.195. The predicted octanol–water partition coefficient (Wildman–Crippen LogP) is 3.13. The lowest BCUT2D eigenvalue weighted by Gasteiger charge is -1.99. The van der Waals surface area contributed by atoms with E-state index in [9.17, 15) is 4.79 Å². The Morgan fingerprint density at radius 2 is 2.30 bits per heavy atom. The summed E-state index contributed by atoms with van der Waals surface area (Å²) >= 11 is 1.23. The Labute approximate surface area is 119 Å². The zero-order valence-corrected chi connectivity index (χ0v) is 11.7. The van der Waals surface area contributed by atoms with Crippen LogP contribution in [0.4, 0.5) is 0 Å². The highest BCUT2D eigenvalue weighted by atomic mass is 32.1. The molecule has 0 fully saturated rings. The smallest absolute Gasteiger partial charge is 0.345 e. The molecule has 3 aromatic heterocycles. The van der Waals surface area contributed by atoms with Crippen molar-refractivity contribution in [2.24, 2.45) is 0 Å². The normalized spacial score (nSPS) is 11.1. The van der Waals surface area contributed by atoms with E-state index < -0.39 is 5.97 Å². The molecule has 0 aromatic carbocycles. The van der Waals surface area contributed by atoms with Crippen molar-refractivity contribution in [3.8, 4) is 5.82 Å². The van der Waals surface area contributed by atoms with Gasteiger partial charge in [-0.3, -0.25) is 0 Å². The number of carbonyl (C=O) groups is 1. The van der Waals surface area contributed by atoms with Gasteiger partial charge in [0.2, 0.25) is 0 Å². The molecule has 3 rings (SSSR count). The van der Waals surface area contributed by atoms with Crippen LogP contribution in [0.25, 0.3) is 16.0 Å². The molecule has 0 unspecified atom stereocenters. The van der Waals surface area contributed by atoms with Crippen molar-refractivity contribution in [2.75, 3.05) is 0 Å². The summed E-state index contributed by atoms with van der Waals surface area (Å²) in [7, 11) is 0. The minimum Gasteiger partial charge on any atom is -0.477 e. The fraction of sp³-hybridized carbons (Fsp3) is 0.214. The molecular weight excluding hydrogens is 274 g/mol. The van der Waals surface area contributed by atoms with E-state index in [1.54, 1.807) is 16.9 Å². The van der Waals surface area contributed by atoms with Gasteiger partial charge in [-0.1, -0.05) is 19.4 Å². The number of hydrogen-bond donors (Lipinski definition) is 1. The summed E-state index contributed by atoms with van der Waals surface area (Å²) in [5, 5.41) is 14.6. The van der Waals surface area contributed by atoms with Crippen LogP contribution in [0.5, 0.6) is 0 Å². The highest BCUT2D eigenvalue weighted by Gasteiger charge is 2.18. The van der Waals surface area contributed by atoms with E-state index in [0.29, 0.717) is 10.7 Å².